The standard InChI is InChI=1S/C36H40O14/c1-44-26-9-5-20(15-28(26)45-2)12-22-18-47-35(43)23(22)13-21-6-10-27(29(16-21)46-3)48-36-33(42)34(32(41)30(17-37)49-36)50-31(40)11-7-19-4-8-24(38)25(39)14-19/h4-11,14-16,22-23,30,32-34,36-39,41-42H,12-13,17-18H2,1-3H3/b11-7+/t22-,23+,30-,32-,33-,34+,36-/m1/s1. The fraction of sp³-hybridized carbons (Fsp3) is 0.389. The quantitative estimate of drug-likeness (QED) is 0.0989. The van der Waals surface area contributed by atoms with Gasteiger partial charge >= 0.3 is 11.9 Å². The highest BCUT2D eigenvalue weighted by Gasteiger charge is 2.48. The number of hydrogen-bond acceptors (Lipinski definition) is 14. The third kappa shape index (κ3) is 8.22. The minimum atomic E-state index is -1.70. The first-order valence-electron chi connectivity index (χ1n) is 15.8. The lowest BCUT2D eigenvalue weighted by Gasteiger charge is -2.41. The highest BCUT2D eigenvalue weighted by molar-refractivity contribution is 5.87. The van der Waals surface area contributed by atoms with E-state index in [1.807, 2.05) is 18.2 Å². The van der Waals surface area contributed by atoms with Gasteiger partial charge in [0, 0.05) is 12.0 Å². The molecular formula is C36H40O14. The molecule has 5 N–H and O–H groups in total. The van der Waals surface area contributed by atoms with Crippen LogP contribution in [-0.4, -0.2) is 103 Å². The van der Waals surface area contributed by atoms with Crippen LogP contribution in [0.25, 0.3) is 6.08 Å². The fourth-order valence-electron chi connectivity index (χ4n) is 5.95. The van der Waals surface area contributed by atoms with E-state index in [1.165, 1.54) is 31.4 Å². The summed E-state index contributed by atoms with van der Waals surface area (Å²) >= 11 is 0. The molecule has 14 nitrogen and oxygen atoms in total. The molecule has 3 aromatic rings. The van der Waals surface area contributed by atoms with Gasteiger partial charge in [0.15, 0.2) is 46.7 Å². The number of methoxy groups -OCH3 is 3. The van der Waals surface area contributed by atoms with E-state index < -0.39 is 49.2 Å². The predicted molar refractivity (Wildman–Crippen MR) is 175 cm³/mol. The smallest absolute Gasteiger partial charge is 0.331 e. The second kappa shape index (κ2) is 16.1. The van der Waals surface area contributed by atoms with Crippen LogP contribution in [0.3, 0.4) is 0 Å². The van der Waals surface area contributed by atoms with Gasteiger partial charge in [-0.2, -0.15) is 0 Å². The molecule has 7 atom stereocenters. The van der Waals surface area contributed by atoms with Crippen LogP contribution in [0, 0.1) is 11.8 Å². The number of phenols is 2. The molecule has 0 saturated carbocycles. The van der Waals surface area contributed by atoms with Gasteiger partial charge in [0.25, 0.3) is 0 Å². The normalized spacial score (nSPS) is 24.8. The van der Waals surface area contributed by atoms with Gasteiger partial charge in [-0.3, -0.25) is 4.79 Å². The predicted octanol–water partition coefficient (Wildman–Crippen LogP) is 2.14. The Kier molecular flexibility index (Phi) is 11.7. The second-order valence-corrected chi connectivity index (χ2v) is 11.9. The molecule has 14 heteroatoms. The molecule has 2 fully saturated rings. The van der Waals surface area contributed by atoms with Crippen molar-refractivity contribution in [2.45, 2.75) is 43.5 Å². The summed E-state index contributed by atoms with van der Waals surface area (Å²) in [5, 5.41) is 50.8. The van der Waals surface area contributed by atoms with E-state index >= 15 is 0 Å². The first-order chi connectivity index (χ1) is 24.0. The van der Waals surface area contributed by atoms with Gasteiger partial charge in [-0.15, -0.1) is 0 Å². The van der Waals surface area contributed by atoms with E-state index in [0.717, 1.165) is 17.2 Å². The van der Waals surface area contributed by atoms with Gasteiger partial charge in [0.1, 0.15) is 12.2 Å². The Balaban J connectivity index is 1.27. The Morgan fingerprint density at radius 3 is 2.16 bits per heavy atom. The van der Waals surface area contributed by atoms with Gasteiger partial charge in [0.2, 0.25) is 6.29 Å². The summed E-state index contributed by atoms with van der Waals surface area (Å²) in [6.07, 6.45) is -4.40. The van der Waals surface area contributed by atoms with E-state index in [1.54, 1.807) is 32.4 Å². The number of benzene rings is 3. The Bertz CT molecular complexity index is 1690. The summed E-state index contributed by atoms with van der Waals surface area (Å²) in [6.45, 7) is -0.407. The number of aromatic hydroxyl groups is 2. The third-order valence-corrected chi connectivity index (χ3v) is 8.67. The molecule has 0 unspecified atom stereocenters. The average molecular weight is 697 g/mol. The summed E-state index contributed by atoms with van der Waals surface area (Å²) in [6, 6.07) is 14.5. The van der Waals surface area contributed by atoms with Crippen LogP contribution >= 0.6 is 0 Å². The number of hydrogen-bond donors (Lipinski definition) is 5. The van der Waals surface area contributed by atoms with Crippen LogP contribution in [-0.2, 0) is 36.6 Å². The van der Waals surface area contributed by atoms with E-state index in [-0.39, 0.29) is 41.5 Å². The number of aliphatic hydroxyl groups excluding tert-OH is 3. The van der Waals surface area contributed by atoms with Crippen LogP contribution in [0.5, 0.6) is 34.5 Å². The summed E-state index contributed by atoms with van der Waals surface area (Å²) in [4.78, 5) is 25.4. The van der Waals surface area contributed by atoms with Crippen molar-refractivity contribution in [2.75, 3.05) is 34.5 Å². The van der Waals surface area contributed by atoms with Crippen LogP contribution < -0.4 is 18.9 Å². The number of carbonyl (C=O) groups excluding carboxylic acids is 2. The van der Waals surface area contributed by atoms with Crippen molar-refractivity contribution in [1.29, 1.82) is 0 Å². The van der Waals surface area contributed by atoms with Crippen molar-refractivity contribution < 1.29 is 68.3 Å². The van der Waals surface area contributed by atoms with Crippen molar-refractivity contribution in [1.82, 2.24) is 0 Å². The summed E-state index contributed by atoms with van der Waals surface area (Å²) in [7, 11) is 4.54. The zero-order valence-corrected chi connectivity index (χ0v) is 27.6. The molecule has 3 aromatic carbocycles. The maximum absolute atomic E-state index is 12.8. The average Bonchev–Trinajstić information content (AvgIpc) is 3.46. The lowest BCUT2D eigenvalue weighted by Crippen LogP contribution is -2.61. The number of carbonyl (C=O) groups is 2. The second-order valence-electron chi connectivity index (χ2n) is 11.9. The molecule has 0 aliphatic carbocycles. The Labute approximate surface area is 288 Å². The van der Waals surface area contributed by atoms with Crippen molar-refractivity contribution in [3.8, 4) is 34.5 Å². The Morgan fingerprint density at radius 1 is 0.840 bits per heavy atom. The molecular weight excluding hydrogens is 656 g/mol. The molecule has 0 spiro atoms. The van der Waals surface area contributed by atoms with Gasteiger partial charge in [0.05, 0.1) is 40.5 Å². The molecule has 2 aliphatic rings. The molecule has 5 rings (SSSR count). The maximum Gasteiger partial charge on any atom is 0.331 e. The topological polar surface area (TPSA) is 200 Å². The monoisotopic (exact) mass is 696 g/mol. The van der Waals surface area contributed by atoms with E-state index in [0.29, 0.717) is 29.9 Å². The van der Waals surface area contributed by atoms with Crippen LogP contribution in [0.2, 0.25) is 0 Å². The summed E-state index contributed by atoms with van der Waals surface area (Å²) in [5.74, 6) is -0.920. The lowest BCUT2D eigenvalue weighted by molar-refractivity contribution is -0.280. The van der Waals surface area contributed by atoms with Crippen molar-refractivity contribution in [2.24, 2.45) is 11.8 Å². The molecule has 0 amide bonds. The molecule has 268 valence electrons. The van der Waals surface area contributed by atoms with Crippen LogP contribution in [0.15, 0.2) is 60.7 Å². The minimum Gasteiger partial charge on any atom is -0.504 e. The number of aliphatic hydroxyl groups is 3. The van der Waals surface area contributed by atoms with E-state index in [9.17, 15) is 35.1 Å². The van der Waals surface area contributed by atoms with Crippen LogP contribution in [0.4, 0.5) is 0 Å². The maximum atomic E-state index is 12.8. The SMILES string of the molecule is COc1ccc(C[C@@H]2COC(=O)[C@H]2Cc2ccc(O[C@@H]3O[C@H](CO)[C@@H](O)[C@H](OC(=O)/C=C/c4ccc(O)c(O)c4)[C@H]3O)c(OC)c2)cc1OC. The van der Waals surface area contributed by atoms with Crippen molar-refractivity contribution in [3.05, 3.63) is 77.4 Å². The number of rotatable bonds is 13. The van der Waals surface area contributed by atoms with E-state index in [2.05, 4.69) is 0 Å². The number of ether oxygens (including phenoxy) is 7. The molecule has 0 aromatic heterocycles. The molecule has 2 saturated heterocycles. The van der Waals surface area contributed by atoms with Crippen molar-refractivity contribution >= 4 is 18.0 Å². The van der Waals surface area contributed by atoms with Crippen LogP contribution in [0.1, 0.15) is 16.7 Å². The number of cyclic esters (lactones) is 1. The fourth-order valence-corrected chi connectivity index (χ4v) is 5.95. The summed E-state index contributed by atoms with van der Waals surface area (Å²) < 4.78 is 38.6. The molecule has 2 aliphatic heterocycles. The highest BCUT2D eigenvalue weighted by Crippen LogP contribution is 2.36. The van der Waals surface area contributed by atoms with E-state index in [4.69, 9.17) is 33.2 Å². The Hall–Kier alpha value is -5.02. The van der Waals surface area contributed by atoms with Gasteiger partial charge in [-0.25, -0.2) is 4.79 Å². The first kappa shape index (κ1) is 36.3. The zero-order valence-electron chi connectivity index (χ0n) is 27.6. The van der Waals surface area contributed by atoms with Gasteiger partial charge < -0.3 is 58.7 Å². The number of phenolic OH excluding ortho intramolecular Hbond substituents is 2. The largest absolute Gasteiger partial charge is 0.504 e. The van der Waals surface area contributed by atoms with Gasteiger partial charge in [-0.1, -0.05) is 18.2 Å². The number of esters is 2. The minimum absolute atomic E-state index is 0.0992. The zero-order chi connectivity index (χ0) is 35.9. The van der Waals surface area contributed by atoms with Crippen molar-refractivity contribution in [3.63, 3.8) is 0 Å². The Morgan fingerprint density at radius 2 is 1.50 bits per heavy atom. The first-order valence-corrected chi connectivity index (χ1v) is 15.8. The van der Waals surface area contributed by atoms with Gasteiger partial charge in [-0.05, 0) is 72.0 Å². The summed E-state index contributed by atoms with van der Waals surface area (Å²) in [5.41, 5.74) is 2.09. The third-order valence-electron chi connectivity index (χ3n) is 8.67. The lowest BCUT2D eigenvalue weighted by atomic mass is 9.85. The molecule has 0 bridgehead atoms. The molecule has 50 heavy (non-hydrogen) atoms. The molecule has 2 heterocycles. The molecule has 0 radical (unpaired) electrons. The highest BCUT2D eigenvalue weighted by atomic mass is 16.7.